The third kappa shape index (κ3) is 7.60. The van der Waals surface area contributed by atoms with Gasteiger partial charge in [-0.15, -0.1) is 0 Å². The Bertz CT molecular complexity index is 4220. The molecule has 12 aromatic rings. The summed E-state index contributed by atoms with van der Waals surface area (Å²) in [6.07, 6.45) is 8.25. The van der Waals surface area contributed by atoms with E-state index in [9.17, 15) is 0 Å². The Hall–Kier alpha value is -9.00. The van der Waals surface area contributed by atoms with Gasteiger partial charge >= 0.3 is 0 Å². The van der Waals surface area contributed by atoms with Crippen molar-refractivity contribution in [3.8, 4) is 22.3 Å². The monoisotopic (exact) mass is 1010 g/mol. The van der Waals surface area contributed by atoms with Crippen molar-refractivity contribution >= 4 is 107 Å². The Balaban J connectivity index is 1.07. The minimum absolute atomic E-state index is 0.121. The largest absolute Gasteiger partial charge is 0.468 e. The second-order valence-electron chi connectivity index (χ2n) is 22.7. The van der Waals surface area contributed by atoms with Gasteiger partial charge in [0.05, 0.1) is 23.3 Å². The highest BCUT2D eigenvalue weighted by Gasteiger charge is 2.48. The van der Waals surface area contributed by atoms with Gasteiger partial charge in [0.2, 0.25) is 0 Å². The third-order valence-corrected chi connectivity index (χ3v) is 17.0. The van der Waals surface area contributed by atoms with Crippen molar-refractivity contribution in [3.63, 3.8) is 0 Å². The predicted molar refractivity (Wildman–Crippen MR) is 328 cm³/mol. The molecular formula is C72H58BN3O2. The third-order valence-electron chi connectivity index (χ3n) is 17.0. The van der Waals surface area contributed by atoms with Crippen molar-refractivity contribution in [1.29, 1.82) is 0 Å². The number of anilines is 9. The van der Waals surface area contributed by atoms with Crippen LogP contribution >= 0.6 is 0 Å². The van der Waals surface area contributed by atoms with E-state index in [0.717, 1.165) is 106 Å². The summed E-state index contributed by atoms with van der Waals surface area (Å²) in [4.78, 5) is 7.54. The maximum Gasteiger partial charge on any atom is 0.297 e. The van der Waals surface area contributed by atoms with Crippen molar-refractivity contribution in [1.82, 2.24) is 0 Å². The highest BCUT2D eigenvalue weighted by molar-refractivity contribution is 7.00. The van der Waals surface area contributed by atoms with Gasteiger partial charge in [-0.05, 0) is 159 Å². The van der Waals surface area contributed by atoms with Gasteiger partial charge in [-0.25, -0.2) is 0 Å². The van der Waals surface area contributed by atoms with Crippen LogP contribution in [0.1, 0.15) is 69.9 Å². The standard InChI is InChI=1S/C72H58BN3O2/c1-72(2,3)53-35-38-63(59(44-53)61-46-77-67-34-19-18-33-58(61)67)76-66-42-52(48-23-10-5-11-24-48)41-65-69(66)73(71-70(76)60-40-50-25-16-17-26-51(50)43-68(60)78-71)62-37-36-57(74(54-28-12-6-13-29-54)55-30-14-7-15-31-55)45-64(62)75(65)56-32-20-27-49(39-56)47-21-8-4-9-22-47/h5-7,10-20,23-47H,4,8-9,21-22H2,1-3H3. The Morgan fingerprint density at radius 1 is 0.487 bits per heavy atom. The van der Waals surface area contributed by atoms with E-state index in [0.29, 0.717) is 5.92 Å². The van der Waals surface area contributed by atoms with E-state index in [-0.39, 0.29) is 12.1 Å². The van der Waals surface area contributed by atoms with E-state index in [4.69, 9.17) is 8.83 Å². The lowest BCUT2D eigenvalue weighted by atomic mass is 9.35. The molecule has 376 valence electrons. The normalized spacial score (nSPS) is 14.2. The smallest absolute Gasteiger partial charge is 0.297 e. The zero-order valence-corrected chi connectivity index (χ0v) is 44.3. The molecule has 1 aliphatic carbocycles. The molecule has 78 heavy (non-hydrogen) atoms. The number of furan rings is 2. The number of rotatable bonds is 8. The molecule has 15 rings (SSSR count). The number of hydrogen-bond acceptors (Lipinski definition) is 5. The van der Waals surface area contributed by atoms with Crippen LogP contribution in [0.15, 0.2) is 240 Å². The van der Waals surface area contributed by atoms with Crippen LogP contribution in [0.25, 0.3) is 55.0 Å². The van der Waals surface area contributed by atoms with Crippen LogP contribution in [0, 0.1) is 0 Å². The molecule has 0 N–H and O–H groups in total. The van der Waals surface area contributed by atoms with Gasteiger partial charge in [0, 0.05) is 61.7 Å². The lowest BCUT2D eigenvalue weighted by Gasteiger charge is -2.43. The van der Waals surface area contributed by atoms with Crippen LogP contribution < -0.4 is 31.3 Å². The minimum Gasteiger partial charge on any atom is -0.468 e. The van der Waals surface area contributed by atoms with E-state index >= 15 is 0 Å². The molecular weight excluding hydrogens is 950 g/mol. The summed E-state index contributed by atoms with van der Waals surface area (Å²) >= 11 is 0. The molecule has 0 unspecified atom stereocenters. The van der Waals surface area contributed by atoms with Crippen LogP contribution in [0.2, 0.25) is 0 Å². The van der Waals surface area contributed by atoms with Gasteiger partial charge in [0.25, 0.3) is 6.71 Å². The van der Waals surface area contributed by atoms with E-state index in [1.807, 2.05) is 6.26 Å². The minimum atomic E-state index is -0.266. The van der Waals surface area contributed by atoms with Gasteiger partial charge < -0.3 is 23.5 Å². The Morgan fingerprint density at radius 2 is 1.17 bits per heavy atom. The highest BCUT2D eigenvalue weighted by Crippen LogP contribution is 2.53. The van der Waals surface area contributed by atoms with Crippen LogP contribution in [0.3, 0.4) is 0 Å². The molecule has 0 bridgehead atoms. The van der Waals surface area contributed by atoms with E-state index in [1.54, 1.807) is 0 Å². The summed E-state index contributed by atoms with van der Waals surface area (Å²) in [6.45, 7) is 6.64. The van der Waals surface area contributed by atoms with E-state index in [1.165, 1.54) is 59.5 Å². The molecule has 0 radical (unpaired) electrons. The maximum absolute atomic E-state index is 7.62. The molecule has 0 atom stereocenters. The van der Waals surface area contributed by atoms with Gasteiger partial charge in [-0.1, -0.05) is 173 Å². The summed E-state index contributed by atoms with van der Waals surface area (Å²) in [6, 6.07) is 83.0. The average Bonchev–Trinajstić information content (AvgIpc) is 4.24. The van der Waals surface area contributed by atoms with E-state index < -0.39 is 0 Å². The first-order chi connectivity index (χ1) is 38.3. The zero-order valence-electron chi connectivity index (χ0n) is 44.3. The maximum atomic E-state index is 7.62. The zero-order chi connectivity index (χ0) is 52.1. The summed E-state index contributed by atoms with van der Waals surface area (Å²) in [5, 5.41) is 4.47. The molecule has 1 fully saturated rings. The van der Waals surface area contributed by atoms with Crippen LogP contribution in [0.4, 0.5) is 51.2 Å². The number of benzene rings is 10. The fourth-order valence-corrected chi connectivity index (χ4v) is 13.2. The van der Waals surface area contributed by atoms with Crippen molar-refractivity contribution in [3.05, 3.63) is 242 Å². The van der Waals surface area contributed by atoms with Gasteiger partial charge in [0.1, 0.15) is 11.2 Å². The molecule has 4 heterocycles. The van der Waals surface area contributed by atoms with Crippen molar-refractivity contribution in [2.24, 2.45) is 0 Å². The molecule has 0 amide bonds. The topological polar surface area (TPSA) is 36.0 Å². The first kappa shape index (κ1) is 46.3. The summed E-state index contributed by atoms with van der Waals surface area (Å²) in [7, 11) is 0. The van der Waals surface area contributed by atoms with Crippen molar-refractivity contribution in [2.75, 3.05) is 14.7 Å². The van der Waals surface area contributed by atoms with Gasteiger partial charge in [-0.2, -0.15) is 0 Å². The summed E-state index contributed by atoms with van der Waals surface area (Å²) in [5.74, 6) is 0.524. The van der Waals surface area contributed by atoms with Gasteiger partial charge in [0.15, 0.2) is 0 Å². The molecule has 0 spiro atoms. The molecule has 2 aliphatic heterocycles. The molecule has 6 heteroatoms. The number of hydrogen-bond donors (Lipinski definition) is 0. The Labute approximate surface area is 456 Å². The lowest BCUT2D eigenvalue weighted by molar-refractivity contribution is 0.443. The molecule has 3 aliphatic rings. The molecule has 2 aromatic heterocycles. The second-order valence-corrected chi connectivity index (χ2v) is 22.7. The average molecular weight is 1010 g/mol. The second kappa shape index (κ2) is 18.3. The number of nitrogens with zero attached hydrogens (tertiary/aromatic N) is 3. The number of fused-ring (bicyclic) bond motifs is 8. The van der Waals surface area contributed by atoms with Crippen molar-refractivity contribution < 1.29 is 8.83 Å². The number of para-hydroxylation sites is 3. The summed E-state index contributed by atoms with van der Waals surface area (Å²) in [5.41, 5.74) is 22.0. The van der Waals surface area contributed by atoms with Crippen LogP contribution in [-0.2, 0) is 5.41 Å². The van der Waals surface area contributed by atoms with Crippen molar-refractivity contribution in [2.45, 2.75) is 64.2 Å². The van der Waals surface area contributed by atoms with E-state index in [2.05, 4.69) is 260 Å². The fraction of sp³-hybridized carbons (Fsp3) is 0.139. The first-order valence-electron chi connectivity index (χ1n) is 27.9. The Morgan fingerprint density at radius 3 is 1.91 bits per heavy atom. The molecule has 0 saturated heterocycles. The fourth-order valence-electron chi connectivity index (χ4n) is 13.2. The van der Waals surface area contributed by atoms with Gasteiger partial charge in [-0.3, -0.25) is 0 Å². The highest BCUT2D eigenvalue weighted by atomic mass is 16.3. The molecule has 10 aromatic carbocycles. The predicted octanol–water partition coefficient (Wildman–Crippen LogP) is 18.6. The van der Waals surface area contributed by atoms with Crippen LogP contribution in [0.5, 0.6) is 0 Å². The SMILES string of the molecule is CC(C)(C)c1ccc(N2c3cc(-c4ccccc4)cc4c3B(c3ccc(N(c5ccccc5)c5ccccc5)cc3N4c3cccc(C4CCCCC4)c3)c3oc4cc5ccccc5cc4c32)c(-c2coc3ccccc23)c1. The Kier molecular flexibility index (Phi) is 10.9. The van der Waals surface area contributed by atoms with Crippen LogP contribution in [-0.4, -0.2) is 6.71 Å². The lowest BCUT2D eigenvalue weighted by Crippen LogP contribution is -2.61. The first-order valence-corrected chi connectivity index (χ1v) is 27.9. The summed E-state index contributed by atoms with van der Waals surface area (Å²) < 4.78 is 14.1. The molecule has 1 saturated carbocycles. The molecule has 5 nitrogen and oxygen atoms in total. The quantitative estimate of drug-likeness (QED) is 0.142.